The minimum Gasteiger partial charge on any atom is -0.493 e. The van der Waals surface area contributed by atoms with E-state index < -0.39 is 57.7 Å². The first-order chi connectivity index (χ1) is 29.6. The Morgan fingerprint density at radius 2 is 1.68 bits per heavy atom. The first-order valence-corrected chi connectivity index (χ1v) is 22.1. The fourth-order valence-electron chi connectivity index (χ4n) is 10.2. The van der Waals surface area contributed by atoms with Gasteiger partial charge in [0.1, 0.15) is 46.0 Å². The van der Waals surface area contributed by atoms with Gasteiger partial charge in [0.15, 0.2) is 17.4 Å². The Labute approximate surface area is 368 Å². The highest BCUT2D eigenvalue weighted by atomic mass is 32.1. The highest BCUT2D eigenvalue weighted by molar-refractivity contribution is 7.23. The third-order valence-electron chi connectivity index (χ3n) is 12.4. The lowest BCUT2D eigenvalue weighted by Gasteiger charge is -2.42. The number of benzene rings is 2. The average molecular weight is 894 g/mol. The van der Waals surface area contributed by atoms with Gasteiger partial charge >= 0.3 is 18.2 Å². The number of rotatable bonds is 8. The fraction of sp³-hybridized carbons (Fsp3) is 0.578. The van der Waals surface area contributed by atoms with E-state index in [4.69, 9.17) is 23.9 Å². The summed E-state index contributed by atoms with van der Waals surface area (Å²) in [7, 11) is 1.24. The molecule has 2 aromatic carbocycles. The first-order valence-electron chi connectivity index (χ1n) is 21.3. The van der Waals surface area contributed by atoms with Crippen molar-refractivity contribution in [2.24, 2.45) is 5.41 Å². The number of amides is 2. The van der Waals surface area contributed by atoms with Crippen molar-refractivity contribution in [3.05, 3.63) is 35.1 Å². The zero-order valence-corrected chi connectivity index (χ0v) is 37.9. The molecule has 0 aliphatic carbocycles. The van der Waals surface area contributed by atoms with Gasteiger partial charge in [-0.2, -0.15) is 15.2 Å². The molecule has 4 aromatic rings. The number of hydrogen-bond donors (Lipinski definition) is 2. The van der Waals surface area contributed by atoms with Crippen molar-refractivity contribution < 1.29 is 46.8 Å². The lowest BCUT2D eigenvalue weighted by Crippen LogP contribution is -2.57. The van der Waals surface area contributed by atoms with Crippen LogP contribution in [0.3, 0.4) is 0 Å². The summed E-state index contributed by atoms with van der Waals surface area (Å²) in [5.74, 6) is -3.32. The Hall–Kier alpha value is -5.12. The molecule has 338 valence electrons. The molecule has 2 aromatic heterocycles. The van der Waals surface area contributed by atoms with E-state index in [0.29, 0.717) is 12.8 Å². The summed E-state index contributed by atoms with van der Waals surface area (Å²) >= 11 is 0.731. The summed E-state index contributed by atoms with van der Waals surface area (Å²) in [5.41, 5.74) is -3.51. The van der Waals surface area contributed by atoms with Gasteiger partial charge in [0.25, 0.3) is 0 Å². The lowest BCUT2D eigenvalue weighted by molar-refractivity contribution is 0.0122. The number of fused-ring (bicyclic) bond motifs is 5. The smallest absolute Gasteiger partial charge is 0.412 e. The van der Waals surface area contributed by atoms with E-state index in [2.05, 4.69) is 29.0 Å². The van der Waals surface area contributed by atoms with Crippen molar-refractivity contribution in [2.45, 2.75) is 122 Å². The number of halogens is 3. The third-order valence-corrected chi connectivity index (χ3v) is 13.5. The Balaban J connectivity index is 1.28. The van der Waals surface area contributed by atoms with Crippen molar-refractivity contribution in [1.29, 1.82) is 5.26 Å². The van der Waals surface area contributed by atoms with E-state index >= 15 is 13.2 Å². The number of nitriles is 1. The van der Waals surface area contributed by atoms with Crippen LogP contribution in [0.4, 0.5) is 33.6 Å². The molecule has 0 saturated carbocycles. The Kier molecular flexibility index (Phi) is 11.2. The number of carbonyl (C=O) groups excluding carboxylic acids is 2. The number of nitrogens with zero attached hydrogens (tertiary/aromatic N) is 6. The van der Waals surface area contributed by atoms with Gasteiger partial charge in [0.2, 0.25) is 0 Å². The topological polar surface area (TPSA) is 163 Å². The van der Waals surface area contributed by atoms with Crippen LogP contribution in [-0.2, 0) is 9.47 Å². The molecule has 2 bridgehead atoms. The second kappa shape index (κ2) is 15.8. The summed E-state index contributed by atoms with van der Waals surface area (Å²) in [6.07, 6.45) is 2.30. The fourth-order valence-corrected chi connectivity index (χ4v) is 11.3. The minimum atomic E-state index is -1.15. The molecule has 14 nitrogen and oxygen atoms in total. The maximum atomic E-state index is 17.7. The van der Waals surface area contributed by atoms with Crippen molar-refractivity contribution in [3.63, 3.8) is 0 Å². The highest BCUT2D eigenvalue weighted by Crippen LogP contribution is 2.51. The largest absolute Gasteiger partial charge is 0.493 e. The number of ether oxygens (including phenoxy) is 4. The summed E-state index contributed by atoms with van der Waals surface area (Å²) in [6.45, 7) is 16.1. The lowest BCUT2D eigenvalue weighted by atomic mass is 9.82. The first kappa shape index (κ1) is 44.5. The molecule has 4 fully saturated rings. The van der Waals surface area contributed by atoms with Gasteiger partial charge in [-0.1, -0.05) is 19.9 Å². The molecular formula is C45H54F3N7O7S. The Bertz CT molecular complexity index is 2540. The molecule has 2 unspecified atom stereocenters. The number of piperazine rings is 1. The second-order valence-corrected chi connectivity index (χ2v) is 21.0. The average Bonchev–Trinajstić information content (AvgIpc) is 3.88. The van der Waals surface area contributed by atoms with Crippen LogP contribution in [0.15, 0.2) is 12.1 Å². The standard InChI is InChI=1S/C45H54F3N7O7S/c1-42(2,3)61-40(57)52-38-27(16-49)29-26(12-13-28(46)36(29)63-38)30-32(47)34-31(35(59-9)33(30)48)37(53-17-23-10-11-24(18-53)55(23)41(58)62-43(4,5)6)51-39(50-34)60-22-45-15-14-25(19-56)54(45)21-44(7,8)20-45/h12-13,23-25,56H,10-11,14-15,17-22H2,1-9H3,(H,52,57)/t23?,24?,25-,45-/m0/s1. The number of methoxy groups -OCH3 is 1. The number of thiophene rings is 1. The van der Waals surface area contributed by atoms with Gasteiger partial charge in [0.05, 0.1) is 52.6 Å². The molecule has 18 heteroatoms. The summed E-state index contributed by atoms with van der Waals surface area (Å²) in [5, 5.41) is 22.9. The number of nitrogens with one attached hydrogen (secondary N) is 1. The van der Waals surface area contributed by atoms with E-state index in [0.717, 1.165) is 43.2 Å². The highest BCUT2D eigenvalue weighted by Gasteiger charge is 2.55. The van der Waals surface area contributed by atoms with Gasteiger partial charge in [-0.25, -0.2) is 22.8 Å². The monoisotopic (exact) mass is 893 g/mol. The summed E-state index contributed by atoms with van der Waals surface area (Å²) < 4.78 is 74.0. The van der Waals surface area contributed by atoms with E-state index in [-0.39, 0.29) is 98.8 Å². The van der Waals surface area contributed by atoms with Crippen LogP contribution in [0.1, 0.15) is 93.1 Å². The summed E-state index contributed by atoms with van der Waals surface area (Å²) in [6, 6.07) is 3.39. The quantitative estimate of drug-likeness (QED) is 0.173. The van der Waals surface area contributed by atoms with E-state index in [1.807, 2.05) is 11.0 Å². The van der Waals surface area contributed by atoms with Crippen molar-refractivity contribution in [1.82, 2.24) is 19.8 Å². The van der Waals surface area contributed by atoms with E-state index in [1.54, 1.807) is 46.4 Å². The minimum absolute atomic E-state index is 0.00172. The number of aliphatic hydroxyl groups excluding tert-OH is 1. The van der Waals surface area contributed by atoms with Gasteiger partial charge < -0.3 is 29.0 Å². The van der Waals surface area contributed by atoms with E-state index in [9.17, 15) is 20.0 Å². The molecule has 4 aliphatic rings. The van der Waals surface area contributed by atoms with Crippen LogP contribution >= 0.6 is 11.3 Å². The molecule has 2 N–H and O–H groups in total. The van der Waals surface area contributed by atoms with Crippen LogP contribution in [-0.4, -0.2) is 112 Å². The normalized spacial score (nSPS) is 23.3. The number of aliphatic hydroxyl groups is 1. The van der Waals surface area contributed by atoms with Gasteiger partial charge in [-0.05, 0) is 90.7 Å². The zero-order chi connectivity index (χ0) is 45.6. The molecule has 0 radical (unpaired) electrons. The Morgan fingerprint density at radius 3 is 2.30 bits per heavy atom. The Morgan fingerprint density at radius 1 is 1.00 bits per heavy atom. The van der Waals surface area contributed by atoms with Gasteiger partial charge in [-0.15, -0.1) is 11.3 Å². The maximum Gasteiger partial charge on any atom is 0.412 e. The number of hydrogen-bond acceptors (Lipinski definition) is 13. The third kappa shape index (κ3) is 8.05. The predicted molar refractivity (Wildman–Crippen MR) is 232 cm³/mol. The van der Waals surface area contributed by atoms with Crippen LogP contribution in [0.25, 0.3) is 32.1 Å². The van der Waals surface area contributed by atoms with E-state index in [1.165, 1.54) is 13.2 Å². The molecule has 8 rings (SSSR count). The molecule has 6 heterocycles. The van der Waals surface area contributed by atoms with Crippen LogP contribution in [0.5, 0.6) is 11.8 Å². The SMILES string of the molecule is COc1c(F)c(-c2ccc(F)c3sc(NC(=O)OC(C)(C)C)c(C#N)c23)c(F)c2nc(OC[C@@]34CC[C@@H](CO)N3CC(C)(C)C4)nc(N3CC4CCC(C3)N4C(=O)OC(C)(C)C)c12. The molecule has 4 atom stereocenters. The van der Waals surface area contributed by atoms with Crippen LogP contribution in [0, 0.1) is 34.2 Å². The van der Waals surface area contributed by atoms with Crippen LogP contribution < -0.4 is 19.7 Å². The predicted octanol–water partition coefficient (Wildman–Crippen LogP) is 8.75. The number of aromatic nitrogens is 2. The van der Waals surface area contributed by atoms with Crippen molar-refractivity contribution in [3.8, 4) is 29.0 Å². The molecule has 4 aliphatic heterocycles. The van der Waals surface area contributed by atoms with Gasteiger partial charge in [-0.3, -0.25) is 15.1 Å². The second-order valence-electron chi connectivity index (χ2n) is 20.0. The van der Waals surface area contributed by atoms with Crippen molar-refractivity contribution in [2.75, 3.05) is 50.2 Å². The molecule has 2 amide bonds. The maximum absolute atomic E-state index is 17.7. The molecule has 0 spiro atoms. The molecular weight excluding hydrogens is 840 g/mol. The number of carbonyl (C=O) groups is 2. The van der Waals surface area contributed by atoms with Crippen LogP contribution in [0.2, 0.25) is 0 Å². The zero-order valence-electron chi connectivity index (χ0n) is 37.1. The van der Waals surface area contributed by atoms with Gasteiger partial charge in [0, 0.05) is 31.1 Å². The van der Waals surface area contributed by atoms with Crippen molar-refractivity contribution >= 4 is 55.3 Å². The number of anilines is 2. The summed E-state index contributed by atoms with van der Waals surface area (Å²) in [4.78, 5) is 41.7. The molecule has 63 heavy (non-hydrogen) atoms. The molecule has 4 saturated heterocycles.